The summed E-state index contributed by atoms with van der Waals surface area (Å²) in [5.74, 6) is 0. The lowest BCUT2D eigenvalue weighted by molar-refractivity contribution is 0.576. The second-order valence-electron chi connectivity index (χ2n) is 4.69. The first-order chi connectivity index (χ1) is 8.20. The maximum Gasteiger partial charge on any atom is 0.186 e. The average Bonchev–Trinajstić information content (AvgIpc) is 2.72. The zero-order chi connectivity index (χ0) is 12.3. The summed E-state index contributed by atoms with van der Waals surface area (Å²) in [7, 11) is 0. The van der Waals surface area contributed by atoms with Crippen LogP contribution in [-0.4, -0.2) is 24.6 Å². The van der Waals surface area contributed by atoms with Gasteiger partial charge >= 0.3 is 0 Å². The van der Waals surface area contributed by atoms with Crippen molar-refractivity contribution in [2.75, 3.05) is 24.5 Å². The number of thiazole rings is 1. The molecule has 0 unspecified atom stereocenters. The quantitative estimate of drug-likeness (QED) is 0.898. The number of anilines is 1. The highest BCUT2D eigenvalue weighted by atomic mass is 32.1. The molecule has 0 saturated carbocycles. The summed E-state index contributed by atoms with van der Waals surface area (Å²) < 4.78 is 0. The molecule has 1 aromatic rings. The lowest BCUT2D eigenvalue weighted by Crippen LogP contribution is -2.29. The molecule has 1 saturated heterocycles. The number of rotatable bonds is 3. The molecule has 0 atom stereocenters. The smallest absolute Gasteiger partial charge is 0.186 e. The van der Waals surface area contributed by atoms with Crippen molar-refractivity contribution in [2.45, 2.75) is 33.1 Å². The van der Waals surface area contributed by atoms with E-state index in [1.165, 1.54) is 34.8 Å². The fraction of sp³-hybridized carbons (Fsp3) is 0.615. The van der Waals surface area contributed by atoms with Gasteiger partial charge in [0.25, 0.3) is 0 Å². The molecule has 17 heavy (non-hydrogen) atoms. The molecular weight excluding hydrogens is 230 g/mol. The van der Waals surface area contributed by atoms with Gasteiger partial charge in [0.05, 0.1) is 10.6 Å². The fourth-order valence-corrected chi connectivity index (χ4v) is 3.18. The third-order valence-electron chi connectivity index (χ3n) is 3.15. The van der Waals surface area contributed by atoms with Crippen LogP contribution in [0, 0.1) is 6.92 Å². The molecule has 1 aliphatic heterocycles. The van der Waals surface area contributed by atoms with Crippen LogP contribution in [0.5, 0.6) is 0 Å². The highest BCUT2D eigenvalue weighted by Gasteiger charge is 2.15. The number of hydrogen-bond acceptors (Lipinski definition) is 4. The average molecular weight is 251 g/mol. The number of nitrogens with two attached hydrogens (primary N) is 1. The normalized spacial score (nSPS) is 17.6. The van der Waals surface area contributed by atoms with E-state index in [-0.39, 0.29) is 0 Å². The van der Waals surface area contributed by atoms with Crippen LogP contribution in [0.4, 0.5) is 5.13 Å². The molecular formula is C13H21N3S. The van der Waals surface area contributed by atoms with Gasteiger partial charge in [-0.15, -0.1) is 0 Å². The Morgan fingerprint density at radius 1 is 1.41 bits per heavy atom. The van der Waals surface area contributed by atoms with E-state index in [0.29, 0.717) is 6.54 Å². The first-order valence-electron chi connectivity index (χ1n) is 6.30. The number of aryl methyl sites for hydroxylation is 1. The summed E-state index contributed by atoms with van der Waals surface area (Å²) in [5, 5.41) is 1.18. The molecule has 0 aliphatic carbocycles. The zero-order valence-electron chi connectivity index (χ0n) is 10.7. The lowest BCUT2D eigenvalue weighted by Gasteiger charge is -2.25. The van der Waals surface area contributed by atoms with Crippen molar-refractivity contribution in [3.05, 3.63) is 16.1 Å². The second-order valence-corrected chi connectivity index (χ2v) is 5.70. The molecule has 0 amide bonds. The molecule has 0 spiro atoms. The van der Waals surface area contributed by atoms with Crippen LogP contribution in [0.3, 0.4) is 0 Å². The molecule has 3 nitrogen and oxygen atoms in total. The minimum Gasteiger partial charge on any atom is -0.348 e. The topological polar surface area (TPSA) is 42.2 Å². The van der Waals surface area contributed by atoms with Gasteiger partial charge in [0.15, 0.2) is 5.13 Å². The van der Waals surface area contributed by atoms with E-state index in [1.54, 1.807) is 11.3 Å². The zero-order valence-corrected chi connectivity index (χ0v) is 11.5. The molecule has 1 fully saturated rings. The summed E-state index contributed by atoms with van der Waals surface area (Å²) in [6, 6.07) is 0. The van der Waals surface area contributed by atoms with Gasteiger partial charge in [0, 0.05) is 19.6 Å². The molecule has 1 aliphatic rings. The van der Waals surface area contributed by atoms with E-state index >= 15 is 0 Å². The highest BCUT2D eigenvalue weighted by molar-refractivity contribution is 7.16. The SMILES string of the molecule is CC(=Cc1sc(N2CCCCC2)nc1C)CN. The summed E-state index contributed by atoms with van der Waals surface area (Å²) in [6.07, 6.45) is 6.12. The minimum atomic E-state index is 0.621. The molecule has 94 valence electrons. The Morgan fingerprint density at radius 3 is 2.76 bits per heavy atom. The van der Waals surface area contributed by atoms with Crippen molar-refractivity contribution in [2.24, 2.45) is 5.73 Å². The van der Waals surface area contributed by atoms with Crippen LogP contribution >= 0.6 is 11.3 Å². The molecule has 4 heteroatoms. The Morgan fingerprint density at radius 2 is 2.12 bits per heavy atom. The number of hydrogen-bond donors (Lipinski definition) is 1. The Kier molecular flexibility index (Phi) is 4.18. The Bertz CT molecular complexity index is 403. The van der Waals surface area contributed by atoms with Crippen LogP contribution < -0.4 is 10.6 Å². The molecule has 0 aromatic carbocycles. The molecule has 1 aromatic heterocycles. The monoisotopic (exact) mass is 251 g/mol. The maximum absolute atomic E-state index is 5.63. The van der Waals surface area contributed by atoms with Crippen LogP contribution in [0.15, 0.2) is 5.57 Å². The first kappa shape index (κ1) is 12.6. The Hall–Kier alpha value is -0.870. The largest absolute Gasteiger partial charge is 0.348 e. The van der Waals surface area contributed by atoms with E-state index in [4.69, 9.17) is 5.73 Å². The van der Waals surface area contributed by atoms with Gasteiger partial charge in [-0.25, -0.2) is 4.98 Å². The van der Waals surface area contributed by atoms with Crippen LogP contribution in [0.25, 0.3) is 6.08 Å². The number of aromatic nitrogens is 1. The van der Waals surface area contributed by atoms with Crippen LogP contribution in [0.1, 0.15) is 36.8 Å². The summed E-state index contributed by atoms with van der Waals surface area (Å²) >= 11 is 1.79. The highest BCUT2D eigenvalue weighted by Crippen LogP contribution is 2.29. The molecule has 0 radical (unpaired) electrons. The number of piperidine rings is 1. The van der Waals surface area contributed by atoms with E-state index in [0.717, 1.165) is 18.8 Å². The standard InChI is InChI=1S/C13H21N3S/c1-10(9-14)8-12-11(2)15-13(17-12)16-6-4-3-5-7-16/h8H,3-7,9,14H2,1-2H3. The number of nitrogens with zero attached hydrogens (tertiary/aromatic N) is 2. The van der Waals surface area contributed by atoms with E-state index in [1.807, 2.05) is 0 Å². The molecule has 2 N–H and O–H groups in total. The first-order valence-corrected chi connectivity index (χ1v) is 7.12. The van der Waals surface area contributed by atoms with Gasteiger partial charge in [0.1, 0.15) is 0 Å². The molecule has 2 rings (SSSR count). The molecule has 0 bridgehead atoms. The van der Waals surface area contributed by atoms with Crippen molar-refractivity contribution < 1.29 is 0 Å². The van der Waals surface area contributed by atoms with Gasteiger partial charge in [-0.3, -0.25) is 0 Å². The van der Waals surface area contributed by atoms with Gasteiger partial charge < -0.3 is 10.6 Å². The van der Waals surface area contributed by atoms with Crippen molar-refractivity contribution in [1.82, 2.24) is 4.98 Å². The summed E-state index contributed by atoms with van der Waals surface area (Å²) in [5.41, 5.74) is 7.96. The summed E-state index contributed by atoms with van der Waals surface area (Å²) in [4.78, 5) is 8.35. The van der Waals surface area contributed by atoms with Crippen molar-refractivity contribution in [3.8, 4) is 0 Å². The summed E-state index contributed by atoms with van der Waals surface area (Å²) in [6.45, 7) is 7.09. The van der Waals surface area contributed by atoms with Crippen molar-refractivity contribution >= 4 is 22.5 Å². The van der Waals surface area contributed by atoms with E-state index < -0.39 is 0 Å². The third kappa shape index (κ3) is 3.07. The van der Waals surface area contributed by atoms with E-state index in [9.17, 15) is 0 Å². The second kappa shape index (κ2) is 5.65. The van der Waals surface area contributed by atoms with E-state index in [2.05, 4.69) is 29.8 Å². The third-order valence-corrected chi connectivity index (χ3v) is 4.31. The van der Waals surface area contributed by atoms with Crippen molar-refractivity contribution in [3.63, 3.8) is 0 Å². The van der Waals surface area contributed by atoms with Gasteiger partial charge in [-0.2, -0.15) is 0 Å². The predicted molar refractivity (Wildman–Crippen MR) is 75.6 cm³/mol. The van der Waals surface area contributed by atoms with Gasteiger partial charge in [0.2, 0.25) is 0 Å². The fourth-order valence-electron chi connectivity index (χ4n) is 2.03. The Labute approximate surface area is 107 Å². The van der Waals surface area contributed by atoms with Crippen LogP contribution in [0.2, 0.25) is 0 Å². The van der Waals surface area contributed by atoms with Gasteiger partial charge in [-0.1, -0.05) is 16.9 Å². The maximum atomic E-state index is 5.63. The van der Waals surface area contributed by atoms with Crippen molar-refractivity contribution in [1.29, 1.82) is 0 Å². The minimum absolute atomic E-state index is 0.621. The van der Waals surface area contributed by atoms with Crippen LogP contribution in [-0.2, 0) is 0 Å². The molecule has 2 heterocycles. The Balaban J connectivity index is 2.17. The lowest BCUT2D eigenvalue weighted by atomic mass is 10.1. The van der Waals surface area contributed by atoms with Gasteiger partial charge in [-0.05, 0) is 39.2 Å². The predicted octanol–water partition coefficient (Wildman–Crippen LogP) is 2.80.